The normalized spacial score (nSPS) is 12.9. The van der Waals surface area contributed by atoms with Gasteiger partial charge in [-0.15, -0.1) is 11.3 Å². The molecule has 0 aromatic carbocycles. The van der Waals surface area contributed by atoms with Crippen LogP contribution in [0.1, 0.15) is 12.6 Å². The van der Waals surface area contributed by atoms with Crippen molar-refractivity contribution in [1.29, 1.82) is 0 Å². The molecule has 1 rings (SSSR count). The number of aromatic nitrogens is 1. The van der Waals surface area contributed by atoms with Gasteiger partial charge in [0, 0.05) is 38.2 Å². The van der Waals surface area contributed by atoms with Crippen molar-refractivity contribution in [3.05, 3.63) is 16.6 Å². The molecule has 0 bridgehead atoms. The van der Waals surface area contributed by atoms with Crippen LogP contribution in [0.2, 0.25) is 0 Å². The van der Waals surface area contributed by atoms with Gasteiger partial charge in [-0.2, -0.15) is 0 Å². The van der Waals surface area contributed by atoms with Crippen molar-refractivity contribution in [1.82, 2.24) is 15.6 Å². The average Bonchev–Trinajstić information content (AvgIpc) is 2.74. The Morgan fingerprint density at radius 3 is 3.13 bits per heavy atom. The molecule has 1 atom stereocenters. The standard InChI is InChI=1S/C10H19N3OS/c1-9(5-11-3-4-14-2)12-6-10-7-15-8-13-10/h7-9,11-12H,3-6H2,1-2H3. The van der Waals surface area contributed by atoms with Crippen molar-refractivity contribution in [2.75, 3.05) is 26.8 Å². The number of nitrogens with zero attached hydrogens (tertiary/aromatic N) is 1. The number of methoxy groups -OCH3 is 1. The molecule has 1 aromatic heterocycles. The highest BCUT2D eigenvalue weighted by molar-refractivity contribution is 7.07. The molecule has 0 fully saturated rings. The second-order valence-electron chi connectivity index (χ2n) is 3.46. The summed E-state index contributed by atoms with van der Waals surface area (Å²) in [4.78, 5) is 4.21. The first-order valence-corrected chi connectivity index (χ1v) is 6.07. The van der Waals surface area contributed by atoms with E-state index < -0.39 is 0 Å². The summed E-state index contributed by atoms with van der Waals surface area (Å²) in [5, 5.41) is 8.78. The molecule has 0 saturated carbocycles. The van der Waals surface area contributed by atoms with Crippen molar-refractivity contribution >= 4 is 11.3 Å². The summed E-state index contributed by atoms with van der Waals surface area (Å²) in [6, 6.07) is 0.448. The van der Waals surface area contributed by atoms with Crippen molar-refractivity contribution in [3.8, 4) is 0 Å². The summed E-state index contributed by atoms with van der Waals surface area (Å²) < 4.78 is 4.95. The Labute approximate surface area is 95.1 Å². The number of rotatable bonds is 8. The molecule has 5 heteroatoms. The predicted octanol–water partition coefficient (Wildman–Crippen LogP) is 0.857. The van der Waals surface area contributed by atoms with Crippen molar-refractivity contribution in [2.24, 2.45) is 0 Å². The molecule has 1 heterocycles. The van der Waals surface area contributed by atoms with Gasteiger partial charge in [-0.3, -0.25) is 0 Å². The van der Waals surface area contributed by atoms with E-state index in [1.807, 2.05) is 5.51 Å². The summed E-state index contributed by atoms with van der Waals surface area (Å²) in [6.07, 6.45) is 0. The molecule has 0 aliphatic carbocycles. The van der Waals surface area contributed by atoms with E-state index in [1.165, 1.54) is 0 Å². The zero-order valence-electron chi connectivity index (χ0n) is 9.32. The summed E-state index contributed by atoms with van der Waals surface area (Å²) >= 11 is 1.63. The fraction of sp³-hybridized carbons (Fsp3) is 0.700. The number of hydrogen-bond donors (Lipinski definition) is 2. The Morgan fingerprint density at radius 1 is 1.60 bits per heavy atom. The van der Waals surface area contributed by atoms with Crippen LogP contribution in [0.25, 0.3) is 0 Å². The van der Waals surface area contributed by atoms with Crippen molar-refractivity contribution < 1.29 is 4.74 Å². The first-order valence-electron chi connectivity index (χ1n) is 5.13. The van der Waals surface area contributed by atoms with Crippen LogP contribution in [-0.2, 0) is 11.3 Å². The molecular weight excluding hydrogens is 210 g/mol. The second-order valence-corrected chi connectivity index (χ2v) is 4.18. The van der Waals surface area contributed by atoms with Crippen LogP contribution in [0.3, 0.4) is 0 Å². The van der Waals surface area contributed by atoms with Crippen LogP contribution in [0.15, 0.2) is 10.9 Å². The highest BCUT2D eigenvalue weighted by Gasteiger charge is 2.01. The number of nitrogens with one attached hydrogen (secondary N) is 2. The predicted molar refractivity (Wildman–Crippen MR) is 63.2 cm³/mol. The van der Waals surface area contributed by atoms with E-state index >= 15 is 0 Å². The van der Waals surface area contributed by atoms with E-state index in [0.29, 0.717) is 6.04 Å². The van der Waals surface area contributed by atoms with Crippen molar-refractivity contribution in [3.63, 3.8) is 0 Å². The van der Waals surface area contributed by atoms with Crippen molar-refractivity contribution in [2.45, 2.75) is 19.5 Å². The number of thiazole rings is 1. The summed E-state index contributed by atoms with van der Waals surface area (Å²) in [6.45, 7) is 5.62. The molecule has 0 spiro atoms. The lowest BCUT2D eigenvalue weighted by atomic mass is 10.3. The first kappa shape index (κ1) is 12.6. The third kappa shape index (κ3) is 5.84. The van der Waals surface area contributed by atoms with Crippen LogP contribution >= 0.6 is 11.3 Å². The lowest BCUT2D eigenvalue weighted by Crippen LogP contribution is -2.37. The van der Waals surface area contributed by atoms with Gasteiger partial charge < -0.3 is 15.4 Å². The molecule has 0 aliphatic rings. The molecule has 2 N–H and O–H groups in total. The Morgan fingerprint density at radius 2 is 2.47 bits per heavy atom. The van der Waals surface area contributed by atoms with Gasteiger partial charge in [0.15, 0.2) is 0 Å². The molecule has 15 heavy (non-hydrogen) atoms. The third-order valence-electron chi connectivity index (χ3n) is 2.05. The van der Waals surface area contributed by atoms with Crippen LogP contribution in [-0.4, -0.2) is 37.8 Å². The maximum Gasteiger partial charge on any atom is 0.0795 e. The van der Waals surface area contributed by atoms with Gasteiger partial charge in [0.05, 0.1) is 17.8 Å². The molecule has 0 saturated heterocycles. The fourth-order valence-electron chi connectivity index (χ4n) is 1.17. The molecule has 1 unspecified atom stereocenters. The Hall–Kier alpha value is -0.490. The lowest BCUT2D eigenvalue weighted by Gasteiger charge is -2.13. The van der Waals surface area contributed by atoms with E-state index in [2.05, 4.69) is 27.9 Å². The van der Waals surface area contributed by atoms with Gasteiger partial charge in [0.1, 0.15) is 0 Å². The van der Waals surface area contributed by atoms with E-state index in [1.54, 1.807) is 18.4 Å². The summed E-state index contributed by atoms with van der Waals surface area (Å²) in [5.41, 5.74) is 2.97. The monoisotopic (exact) mass is 229 g/mol. The van der Waals surface area contributed by atoms with Gasteiger partial charge in [-0.25, -0.2) is 4.98 Å². The van der Waals surface area contributed by atoms with Gasteiger partial charge in [-0.1, -0.05) is 0 Å². The van der Waals surface area contributed by atoms with E-state index in [-0.39, 0.29) is 0 Å². The molecule has 4 nitrogen and oxygen atoms in total. The van der Waals surface area contributed by atoms with Gasteiger partial charge in [0.25, 0.3) is 0 Å². The molecular formula is C10H19N3OS. The summed E-state index contributed by atoms with van der Waals surface area (Å²) in [5.74, 6) is 0. The fourth-order valence-corrected chi connectivity index (χ4v) is 1.73. The highest BCUT2D eigenvalue weighted by atomic mass is 32.1. The maximum atomic E-state index is 4.95. The molecule has 0 aliphatic heterocycles. The number of ether oxygens (including phenoxy) is 1. The zero-order valence-corrected chi connectivity index (χ0v) is 10.1. The molecule has 0 amide bonds. The smallest absolute Gasteiger partial charge is 0.0795 e. The average molecular weight is 229 g/mol. The van der Waals surface area contributed by atoms with Gasteiger partial charge >= 0.3 is 0 Å². The highest BCUT2D eigenvalue weighted by Crippen LogP contribution is 2.00. The van der Waals surface area contributed by atoms with E-state index in [0.717, 1.165) is 31.9 Å². The van der Waals surface area contributed by atoms with Crippen LogP contribution < -0.4 is 10.6 Å². The SMILES string of the molecule is COCCNCC(C)NCc1cscn1. The minimum absolute atomic E-state index is 0.448. The topological polar surface area (TPSA) is 46.2 Å². The van der Waals surface area contributed by atoms with E-state index in [4.69, 9.17) is 4.74 Å². The maximum absolute atomic E-state index is 4.95. The summed E-state index contributed by atoms with van der Waals surface area (Å²) in [7, 11) is 1.71. The Bertz CT molecular complexity index is 241. The van der Waals surface area contributed by atoms with Crippen LogP contribution in [0, 0.1) is 0 Å². The minimum Gasteiger partial charge on any atom is -0.383 e. The van der Waals surface area contributed by atoms with Crippen LogP contribution in [0.4, 0.5) is 0 Å². The third-order valence-corrected chi connectivity index (χ3v) is 2.68. The van der Waals surface area contributed by atoms with Gasteiger partial charge in [-0.05, 0) is 6.92 Å². The zero-order chi connectivity index (χ0) is 10.9. The second kappa shape index (κ2) is 7.76. The quantitative estimate of drug-likeness (QED) is 0.649. The minimum atomic E-state index is 0.448. The Balaban J connectivity index is 2.01. The van der Waals surface area contributed by atoms with Crippen LogP contribution in [0.5, 0.6) is 0 Å². The lowest BCUT2D eigenvalue weighted by molar-refractivity contribution is 0.198. The largest absolute Gasteiger partial charge is 0.383 e. The van der Waals surface area contributed by atoms with Gasteiger partial charge in [0.2, 0.25) is 0 Å². The van der Waals surface area contributed by atoms with E-state index in [9.17, 15) is 0 Å². The molecule has 86 valence electrons. The first-order chi connectivity index (χ1) is 7.33. The Kier molecular flexibility index (Phi) is 6.50. The molecule has 1 aromatic rings. The molecule has 0 radical (unpaired) electrons. The number of hydrogen-bond acceptors (Lipinski definition) is 5.